The van der Waals surface area contributed by atoms with E-state index in [9.17, 15) is 4.39 Å². The summed E-state index contributed by atoms with van der Waals surface area (Å²) >= 11 is 0. The van der Waals surface area contributed by atoms with Crippen LogP contribution in [-0.2, 0) is 0 Å². The van der Waals surface area contributed by atoms with Crippen LogP contribution < -0.4 is 10.2 Å². The Labute approximate surface area is 114 Å². The summed E-state index contributed by atoms with van der Waals surface area (Å²) in [6.45, 7) is 5.75. The van der Waals surface area contributed by atoms with Gasteiger partial charge in [-0.3, -0.25) is 0 Å². The number of anilines is 1. The van der Waals surface area contributed by atoms with Gasteiger partial charge in [0.25, 0.3) is 0 Å². The second-order valence-corrected chi connectivity index (χ2v) is 5.64. The van der Waals surface area contributed by atoms with Gasteiger partial charge < -0.3 is 10.2 Å². The van der Waals surface area contributed by atoms with Gasteiger partial charge in [-0.25, -0.2) is 4.39 Å². The predicted octanol–water partition coefficient (Wildman–Crippen LogP) is 2.69. The smallest absolute Gasteiger partial charge is 0.146 e. The van der Waals surface area contributed by atoms with Gasteiger partial charge in [-0.2, -0.15) is 5.26 Å². The highest BCUT2D eigenvalue weighted by Crippen LogP contribution is 2.30. The highest BCUT2D eigenvalue weighted by Gasteiger charge is 2.32. The second kappa shape index (κ2) is 5.58. The molecule has 1 saturated heterocycles. The van der Waals surface area contributed by atoms with Gasteiger partial charge in [-0.05, 0) is 38.9 Å². The van der Waals surface area contributed by atoms with Crippen molar-refractivity contribution in [2.75, 3.05) is 18.0 Å². The second-order valence-electron chi connectivity index (χ2n) is 5.64. The molecule has 0 aromatic heterocycles. The topological polar surface area (TPSA) is 39.1 Å². The van der Waals surface area contributed by atoms with Gasteiger partial charge in [0.2, 0.25) is 0 Å². The van der Waals surface area contributed by atoms with Crippen LogP contribution in [0.3, 0.4) is 0 Å². The van der Waals surface area contributed by atoms with Crippen molar-refractivity contribution in [3.63, 3.8) is 0 Å². The molecule has 1 heterocycles. The zero-order chi connectivity index (χ0) is 13.9. The highest BCUT2D eigenvalue weighted by atomic mass is 19.1. The molecule has 3 nitrogen and oxygen atoms in total. The molecule has 1 unspecified atom stereocenters. The van der Waals surface area contributed by atoms with E-state index in [1.54, 1.807) is 6.07 Å². The van der Waals surface area contributed by atoms with E-state index in [1.807, 2.05) is 12.1 Å². The first-order valence-corrected chi connectivity index (χ1v) is 6.67. The molecular weight excluding hydrogens is 241 g/mol. The quantitative estimate of drug-likeness (QED) is 0.889. The Balaban J connectivity index is 2.32. The number of hydrogen-bond donors (Lipinski definition) is 1. The van der Waals surface area contributed by atoms with Crippen molar-refractivity contribution < 1.29 is 4.39 Å². The van der Waals surface area contributed by atoms with Crippen molar-refractivity contribution in [1.82, 2.24) is 5.32 Å². The standard InChI is InChI=1S/C15H20FN3/c1-15(2)8-10-18-12(7-9-17)11-19(15)14-6-4-3-5-13(14)16/h3-6,12,18H,7-8,10-11H2,1-2H3. The largest absolute Gasteiger partial charge is 0.362 e. The fourth-order valence-corrected chi connectivity index (χ4v) is 2.59. The molecular formula is C15H20FN3. The average Bonchev–Trinajstić information content (AvgIpc) is 2.50. The molecule has 0 saturated carbocycles. The molecule has 1 aliphatic rings. The fraction of sp³-hybridized carbons (Fsp3) is 0.533. The van der Waals surface area contributed by atoms with Crippen molar-refractivity contribution in [3.8, 4) is 6.07 Å². The van der Waals surface area contributed by atoms with Crippen LogP contribution in [0.5, 0.6) is 0 Å². The maximum absolute atomic E-state index is 14.0. The van der Waals surface area contributed by atoms with E-state index < -0.39 is 0 Å². The molecule has 102 valence electrons. The van der Waals surface area contributed by atoms with Gasteiger partial charge in [0, 0.05) is 18.1 Å². The molecule has 1 aliphatic heterocycles. The summed E-state index contributed by atoms with van der Waals surface area (Å²) in [5.41, 5.74) is 0.499. The van der Waals surface area contributed by atoms with Crippen molar-refractivity contribution in [2.45, 2.75) is 38.3 Å². The van der Waals surface area contributed by atoms with Crippen LogP contribution in [0, 0.1) is 17.1 Å². The Morgan fingerprint density at radius 1 is 1.47 bits per heavy atom. The molecule has 0 bridgehead atoms. The van der Waals surface area contributed by atoms with Gasteiger partial charge in [-0.15, -0.1) is 0 Å². The fourth-order valence-electron chi connectivity index (χ4n) is 2.59. The number of halogens is 1. The molecule has 0 aliphatic carbocycles. The van der Waals surface area contributed by atoms with Gasteiger partial charge in [0.15, 0.2) is 0 Å². The molecule has 1 atom stereocenters. The first kappa shape index (κ1) is 13.8. The SMILES string of the molecule is CC1(C)CCNC(CC#N)CN1c1ccccc1F. The Morgan fingerprint density at radius 2 is 2.21 bits per heavy atom. The molecule has 1 aromatic carbocycles. The van der Waals surface area contributed by atoms with Crippen LogP contribution >= 0.6 is 0 Å². The first-order chi connectivity index (χ1) is 9.04. The molecule has 0 spiro atoms. The maximum Gasteiger partial charge on any atom is 0.146 e. The first-order valence-electron chi connectivity index (χ1n) is 6.67. The van der Waals surface area contributed by atoms with E-state index in [4.69, 9.17) is 5.26 Å². The molecule has 1 aromatic rings. The minimum atomic E-state index is -0.201. The Hall–Kier alpha value is -1.60. The van der Waals surface area contributed by atoms with Crippen LogP contribution in [0.1, 0.15) is 26.7 Å². The number of nitriles is 1. The molecule has 1 N–H and O–H groups in total. The van der Waals surface area contributed by atoms with Gasteiger partial charge in [0.1, 0.15) is 5.82 Å². The van der Waals surface area contributed by atoms with Crippen molar-refractivity contribution in [1.29, 1.82) is 5.26 Å². The van der Waals surface area contributed by atoms with Gasteiger partial charge in [0.05, 0.1) is 18.2 Å². The minimum absolute atomic E-state index is 0.0892. The van der Waals surface area contributed by atoms with E-state index in [0.29, 0.717) is 18.7 Å². The Kier molecular flexibility index (Phi) is 4.06. The summed E-state index contributed by atoms with van der Waals surface area (Å²) in [4.78, 5) is 2.09. The number of para-hydroxylation sites is 1. The van der Waals surface area contributed by atoms with Crippen molar-refractivity contribution in [2.24, 2.45) is 0 Å². The third kappa shape index (κ3) is 3.05. The molecule has 1 fully saturated rings. The van der Waals surface area contributed by atoms with E-state index in [1.165, 1.54) is 6.07 Å². The number of rotatable bonds is 2. The maximum atomic E-state index is 14.0. The zero-order valence-corrected chi connectivity index (χ0v) is 11.5. The molecule has 19 heavy (non-hydrogen) atoms. The number of benzene rings is 1. The normalized spacial score (nSPS) is 22.6. The van der Waals surface area contributed by atoms with Crippen LogP contribution in [0.25, 0.3) is 0 Å². The summed E-state index contributed by atoms with van der Waals surface area (Å²) < 4.78 is 14.0. The summed E-state index contributed by atoms with van der Waals surface area (Å²) in [5, 5.41) is 12.2. The van der Waals surface area contributed by atoms with Crippen molar-refractivity contribution >= 4 is 5.69 Å². The van der Waals surface area contributed by atoms with E-state index in [2.05, 4.69) is 30.1 Å². The molecule has 4 heteroatoms. The van der Waals surface area contributed by atoms with E-state index in [0.717, 1.165) is 13.0 Å². The van der Waals surface area contributed by atoms with Crippen molar-refractivity contribution in [3.05, 3.63) is 30.1 Å². The minimum Gasteiger partial charge on any atom is -0.362 e. The van der Waals surface area contributed by atoms with Gasteiger partial charge in [-0.1, -0.05) is 12.1 Å². The highest BCUT2D eigenvalue weighted by molar-refractivity contribution is 5.50. The van der Waals surface area contributed by atoms with Crippen LogP contribution in [0.4, 0.5) is 10.1 Å². The van der Waals surface area contributed by atoms with Crippen LogP contribution in [0.15, 0.2) is 24.3 Å². The summed E-state index contributed by atoms with van der Waals surface area (Å²) in [5.74, 6) is -0.201. The van der Waals surface area contributed by atoms with E-state index >= 15 is 0 Å². The Morgan fingerprint density at radius 3 is 2.89 bits per heavy atom. The van der Waals surface area contributed by atoms with Gasteiger partial charge >= 0.3 is 0 Å². The number of nitrogens with zero attached hydrogens (tertiary/aromatic N) is 2. The van der Waals surface area contributed by atoms with Crippen LogP contribution in [-0.4, -0.2) is 24.7 Å². The van der Waals surface area contributed by atoms with Crippen LogP contribution in [0.2, 0.25) is 0 Å². The number of nitrogens with one attached hydrogen (secondary N) is 1. The third-order valence-electron chi connectivity index (χ3n) is 3.78. The molecule has 0 amide bonds. The lowest BCUT2D eigenvalue weighted by atomic mass is 9.97. The average molecular weight is 261 g/mol. The lowest BCUT2D eigenvalue weighted by molar-refractivity contribution is 0.445. The lowest BCUT2D eigenvalue weighted by Crippen LogP contribution is -2.47. The summed E-state index contributed by atoms with van der Waals surface area (Å²) in [6, 6.07) is 9.14. The number of hydrogen-bond acceptors (Lipinski definition) is 3. The monoisotopic (exact) mass is 261 g/mol. The lowest BCUT2D eigenvalue weighted by Gasteiger charge is -2.39. The predicted molar refractivity (Wildman–Crippen MR) is 74.5 cm³/mol. The summed E-state index contributed by atoms with van der Waals surface area (Å²) in [7, 11) is 0. The molecule has 0 radical (unpaired) electrons. The van der Waals surface area contributed by atoms with E-state index in [-0.39, 0.29) is 17.4 Å². The summed E-state index contributed by atoms with van der Waals surface area (Å²) in [6.07, 6.45) is 1.37. The zero-order valence-electron chi connectivity index (χ0n) is 11.5. The third-order valence-corrected chi connectivity index (χ3v) is 3.78. The molecule has 2 rings (SSSR count). The Bertz CT molecular complexity index is 479.